The van der Waals surface area contributed by atoms with Crippen LogP contribution in [-0.2, 0) is 16.6 Å². The molecule has 2 aromatic rings. The predicted molar refractivity (Wildman–Crippen MR) is 81.8 cm³/mol. The molecule has 0 saturated carbocycles. The molecule has 0 aliphatic carbocycles. The van der Waals surface area contributed by atoms with Crippen molar-refractivity contribution in [1.82, 2.24) is 0 Å². The first kappa shape index (κ1) is 15.4. The maximum Gasteiger partial charge on any atom is 0.127 e. The number of rotatable bonds is 4. The summed E-state index contributed by atoms with van der Waals surface area (Å²) in [5.41, 5.74) is 1.85. The molecule has 2 rings (SSSR count). The van der Waals surface area contributed by atoms with Gasteiger partial charge in [-0.05, 0) is 41.8 Å². The molecule has 0 aliphatic rings. The summed E-state index contributed by atoms with van der Waals surface area (Å²) in [7, 11) is -1.33. The van der Waals surface area contributed by atoms with Crippen molar-refractivity contribution < 1.29 is 8.60 Å². The summed E-state index contributed by atoms with van der Waals surface area (Å²) in [5.74, 6) is 0.0564. The largest absolute Gasteiger partial charge is 0.254 e. The van der Waals surface area contributed by atoms with Crippen molar-refractivity contribution in [2.75, 3.05) is 0 Å². The Morgan fingerprint density at radius 3 is 2.43 bits per heavy atom. The Hall–Kier alpha value is -1.99. The van der Waals surface area contributed by atoms with Crippen LogP contribution < -0.4 is 0 Å². The van der Waals surface area contributed by atoms with Crippen molar-refractivity contribution in [3.8, 4) is 6.07 Å². The van der Waals surface area contributed by atoms with E-state index in [1.165, 1.54) is 23.8 Å². The summed E-state index contributed by atoms with van der Waals surface area (Å²) in [6, 6.07) is 13.6. The van der Waals surface area contributed by atoms with Crippen LogP contribution in [0, 0.1) is 17.1 Å². The zero-order chi connectivity index (χ0) is 15.4. The lowest BCUT2D eigenvalue weighted by Gasteiger charge is -2.08. The van der Waals surface area contributed by atoms with Gasteiger partial charge in [0.25, 0.3) is 0 Å². The molecule has 4 heteroatoms. The van der Waals surface area contributed by atoms with E-state index in [0.717, 1.165) is 0 Å². The number of hydrogen-bond donors (Lipinski definition) is 0. The molecule has 21 heavy (non-hydrogen) atoms. The molecule has 1 atom stereocenters. The van der Waals surface area contributed by atoms with Crippen molar-refractivity contribution in [3.63, 3.8) is 0 Å². The van der Waals surface area contributed by atoms with Crippen LogP contribution in [-0.4, -0.2) is 4.21 Å². The van der Waals surface area contributed by atoms with Crippen molar-refractivity contribution in [2.24, 2.45) is 0 Å². The van der Waals surface area contributed by atoms with Crippen molar-refractivity contribution in [1.29, 1.82) is 5.26 Å². The molecule has 2 nitrogen and oxygen atoms in total. The fourth-order valence-corrected chi connectivity index (χ4v) is 3.09. The minimum Gasteiger partial charge on any atom is -0.254 e. The smallest absolute Gasteiger partial charge is 0.127 e. The van der Waals surface area contributed by atoms with E-state index in [2.05, 4.69) is 13.8 Å². The molecule has 0 amide bonds. The molecule has 0 fully saturated rings. The first-order valence-corrected chi connectivity index (χ1v) is 8.00. The Morgan fingerprint density at radius 1 is 1.19 bits per heavy atom. The Morgan fingerprint density at radius 2 is 1.86 bits per heavy atom. The third kappa shape index (κ3) is 3.77. The molecule has 2 aromatic carbocycles. The summed E-state index contributed by atoms with van der Waals surface area (Å²) >= 11 is 0. The highest BCUT2D eigenvalue weighted by atomic mass is 32.2. The average molecular weight is 301 g/mol. The molecule has 0 spiro atoms. The van der Waals surface area contributed by atoms with Gasteiger partial charge in [-0.25, -0.2) is 4.39 Å². The second kappa shape index (κ2) is 6.64. The molecule has 0 saturated heterocycles. The predicted octanol–water partition coefficient (Wildman–Crippen LogP) is 4.13. The quantitative estimate of drug-likeness (QED) is 0.852. The molecule has 108 valence electrons. The third-order valence-electron chi connectivity index (χ3n) is 3.27. The summed E-state index contributed by atoms with van der Waals surface area (Å²) in [4.78, 5) is 0.668. The number of hydrogen-bond acceptors (Lipinski definition) is 2. The molecule has 0 aliphatic heterocycles. The van der Waals surface area contributed by atoms with Gasteiger partial charge < -0.3 is 0 Å². The van der Waals surface area contributed by atoms with Gasteiger partial charge in [0.05, 0.1) is 28.2 Å². The summed E-state index contributed by atoms with van der Waals surface area (Å²) in [6.07, 6.45) is 0. The Bertz CT molecular complexity index is 702. The van der Waals surface area contributed by atoms with Gasteiger partial charge in [0, 0.05) is 10.5 Å². The van der Waals surface area contributed by atoms with Crippen LogP contribution in [0.1, 0.15) is 36.5 Å². The number of nitrogens with zero attached hydrogens (tertiary/aromatic N) is 1. The van der Waals surface area contributed by atoms with Gasteiger partial charge in [-0.1, -0.05) is 26.0 Å². The van der Waals surface area contributed by atoms with Crippen LogP contribution in [0.25, 0.3) is 0 Å². The summed E-state index contributed by atoms with van der Waals surface area (Å²) in [6.45, 7) is 4.18. The van der Waals surface area contributed by atoms with Gasteiger partial charge in [0.2, 0.25) is 0 Å². The minimum absolute atomic E-state index is 0.0718. The lowest BCUT2D eigenvalue weighted by molar-refractivity contribution is 0.615. The highest BCUT2D eigenvalue weighted by molar-refractivity contribution is 7.84. The van der Waals surface area contributed by atoms with Crippen LogP contribution in [0.2, 0.25) is 0 Å². The van der Waals surface area contributed by atoms with E-state index in [-0.39, 0.29) is 5.75 Å². The average Bonchev–Trinajstić information content (AvgIpc) is 2.49. The van der Waals surface area contributed by atoms with E-state index in [0.29, 0.717) is 21.9 Å². The van der Waals surface area contributed by atoms with Crippen molar-refractivity contribution in [3.05, 3.63) is 65.0 Å². The van der Waals surface area contributed by atoms with Crippen LogP contribution in [0.15, 0.2) is 47.4 Å². The Balaban J connectivity index is 2.20. The van der Waals surface area contributed by atoms with Crippen LogP contribution in [0.3, 0.4) is 0 Å². The third-order valence-corrected chi connectivity index (χ3v) is 4.64. The van der Waals surface area contributed by atoms with E-state index >= 15 is 0 Å². The zero-order valence-corrected chi connectivity index (χ0v) is 12.8. The van der Waals surface area contributed by atoms with Crippen LogP contribution >= 0.6 is 0 Å². The lowest BCUT2D eigenvalue weighted by Crippen LogP contribution is -2.00. The first-order valence-electron chi connectivity index (χ1n) is 6.68. The maximum absolute atomic E-state index is 13.7. The maximum atomic E-state index is 13.7. The molecule has 0 bridgehead atoms. The Kier molecular flexibility index (Phi) is 4.87. The van der Waals surface area contributed by atoms with Gasteiger partial charge in [-0.15, -0.1) is 0 Å². The number of benzene rings is 2. The topological polar surface area (TPSA) is 40.9 Å². The van der Waals surface area contributed by atoms with Crippen LogP contribution in [0.4, 0.5) is 4.39 Å². The lowest BCUT2D eigenvalue weighted by atomic mass is 10.0. The molecule has 0 radical (unpaired) electrons. The monoisotopic (exact) mass is 301 g/mol. The van der Waals surface area contributed by atoms with Gasteiger partial charge in [-0.2, -0.15) is 5.26 Å². The fraction of sp³-hybridized carbons (Fsp3) is 0.235. The van der Waals surface area contributed by atoms with E-state index in [1.54, 1.807) is 0 Å². The highest BCUT2D eigenvalue weighted by Gasteiger charge is 2.10. The molecule has 0 aromatic heterocycles. The Labute approximate surface area is 126 Å². The summed E-state index contributed by atoms with van der Waals surface area (Å²) < 4.78 is 26.0. The van der Waals surface area contributed by atoms with Gasteiger partial charge in [0.15, 0.2) is 0 Å². The van der Waals surface area contributed by atoms with Crippen molar-refractivity contribution in [2.45, 2.75) is 30.4 Å². The second-order valence-electron chi connectivity index (χ2n) is 5.13. The SMILES string of the molecule is CC(C)c1ccc(S(=O)Cc2cc(C#N)ccc2F)cc1. The fourth-order valence-electron chi connectivity index (χ4n) is 1.98. The highest BCUT2D eigenvalue weighted by Crippen LogP contribution is 2.19. The molecule has 1 unspecified atom stereocenters. The molecule has 0 N–H and O–H groups in total. The normalized spacial score (nSPS) is 12.1. The number of nitriles is 1. The zero-order valence-electron chi connectivity index (χ0n) is 12.0. The van der Waals surface area contributed by atoms with Gasteiger partial charge in [-0.3, -0.25) is 4.21 Å². The van der Waals surface area contributed by atoms with E-state index in [9.17, 15) is 8.60 Å². The standard InChI is InChI=1S/C17H16FNOS/c1-12(2)14-4-6-16(7-5-14)21(20)11-15-9-13(10-19)3-8-17(15)18/h3-9,12H,11H2,1-2H3. The van der Waals surface area contributed by atoms with Crippen molar-refractivity contribution >= 4 is 10.8 Å². The van der Waals surface area contributed by atoms with E-state index in [1.807, 2.05) is 30.3 Å². The van der Waals surface area contributed by atoms with E-state index in [4.69, 9.17) is 5.26 Å². The number of halogens is 1. The van der Waals surface area contributed by atoms with Crippen LogP contribution in [0.5, 0.6) is 0 Å². The van der Waals surface area contributed by atoms with Gasteiger partial charge in [0.1, 0.15) is 5.82 Å². The molecule has 0 heterocycles. The second-order valence-corrected chi connectivity index (χ2v) is 6.58. The summed E-state index contributed by atoms with van der Waals surface area (Å²) in [5, 5.41) is 8.84. The van der Waals surface area contributed by atoms with E-state index < -0.39 is 16.6 Å². The van der Waals surface area contributed by atoms with Gasteiger partial charge >= 0.3 is 0 Å². The molecular weight excluding hydrogens is 285 g/mol. The molecular formula is C17H16FNOS. The first-order chi connectivity index (χ1) is 10.0. The minimum atomic E-state index is -1.33.